The van der Waals surface area contributed by atoms with E-state index in [-0.39, 0.29) is 22.8 Å². The van der Waals surface area contributed by atoms with Crippen molar-refractivity contribution in [1.82, 2.24) is 9.80 Å². The molecule has 2 saturated heterocycles. The van der Waals surface area contributed by atoms with Gasteiger partial charge in [-0.15, -0.1) is 11.6 Å². The van der Waals surface area contributed by atoms with Crippen molar-refractivity contribution in [2.24, 2.45) is 16.2 Å². The smallest absolute Gasteiger partial charge is 0.410 e. The van der Waals surface area contributed by atoms with Crippen LogP contribution in [-0.2, 0) is 9.53 Å². The van der Waals surface area contributed by atoms with Crippen molar-refractivity contribution in [2.45, 2.75) is 54.1 Å². The molecule has 0 aliphatic carbocycles. The number of fused-ring (bicyclic) bond motifs is 1. The second-order valence-corrected chi connectivity index (χ2v) is 9.90. The lowest BCUT2D eigenvalue weighted by Crippen LogP contribution is -2.44. The fraction of sp³-hybridized carbons (Fsp3) is 0.889. The second-order valence-electron chi connectivity index (χ2n) is 9.64. The maximum Gasteiger partial charge on any atom is 0.410 e. The third kappa shape index (κ3) is 3.37. The summed E-state index contributed by atoms with van der Waals surface area (Å²) in [5.41, 5.74) is -1.30. The molecule has 0 spiro atoms. The molecular weight excluding hydrogens is 328 g/mol. The predicted octanol–water partition coefficient (Wildman–Crippen LogP) is 3.36. The van der Waals surface area contributed by atoms with Crippen LogP contribution >= 0.6 is 11.6 Å². The molecule has 2 fully saturated rings. The van der Waals surface area contributed by atoms with E-state index < -0.39 is 11.0 Å². The normalized spacial score (nSPS) is 30.5. The quantitative estimate of drug-likeness (QED) is 0.711. The zero-order valence-corrected chi connectivity index (χ0v) is 16.8. The second kappa shape index (κ2) is 5.79. The van der Waals surface area contributed by atoms with Crippen LogP contribution in [-0.4, -0.2) is 59.5 Å². The molecule has 5 nitrogen and oxygen atoms in total. The van der Waals surface area contributed by atoms with Crippen LogP contribution in [0.1, 0.15) is 48.5 Å². The van der Waals surface area contributed by atoms with Gasteiger partial charge in [0.15, 0.2) is 0 Å². The minimum Gasteiger partial charge on any atom is -0.444 e. The summed E-state index contributed by atoms with van der Waals surface area (Å²) >= 11 is 5.97. The lowest BCUT2D eigenvalue weighted by atomic mass is 9.71. The van der Waals surface area contributed by atoms with E-state index in [4.69, 9.17) is 16.3 Å². The van der Waals surface area contributed by atoms with Crippen LogP contribution in [0.4, 0.5) is 4.79 Å². The van der Waals surface area contributed by atoms with Gasteiger partial charge in [0.2, 0.25) is 5.91 Å². The molecule has 0 aromatic carbocycles. The van der Waals surface area contributed by atoms with E-state index in [9.17, 15) is 9.59 Å². The van der Waals surface area contributed by atoms with E-state index >= 15 is 0 Å². The number of hydrogen-bond donors (Lipinski definition) is 0. The first-order valence-electron chi connectivity index (χ1n) is 8.56. The molecule has 0 aromatic heterocycles. The Morgan fingerprint density at radius 2 is 1.38 bits per heavy atom. The van der Waals surface area contributed by atoms with Crippen LogP contribution in [0.5, 0.6) is 0 Å². The molecule has 0 aromatic rings. The van der Waals surface area contributed by atoms with Gasteiger partial charge in [-0.1, -0.05) is 13.8 Å². The van der Waals surface area contributed by atoms with Gasteiger partial charge in [-0.3, -0.25) is 4.79 Å². The van der Waals surface area contributed by atoms with Crippen LogP contribution in [0.2, 0.25) is 0 Å². The fourth-order valence-electron chi connectivity index (χ4n) is 3.74. The summed E-state index contributed by atoms with van der Waals surface area (Å²) in [5.74, 6) is 0.401. The molecule has 0 bridgehead atoms. The number of rotatable bonds is 2. The number of nitrogens with zero attached hydrogens (tertiary/aromatic N) is 2. The summed E-state index contributed by atoms with van der Waals surface area (Å²) < 4.78 is 5.51. The third-order valence-corrected chi connectivity index (χ3v) is 6.14. The van der Waals surface area contributed by atoms with Crippen molar-refractivity contribution in [3.05, 3.63) is 0 Å². The Kier molecular flexibility index (Phi) is 4.67. The van der Waals surface area contributed by atoms with Gasteiger partial charge in [-0.25, -0.2) is 4.79 Å². The molecular formula is C18H31ClN2O3. The minimum atomic E-state index is -0.558. The molecule has 0 N–H and O–H groups in total. The van der Waals surface area contributed by atoms with Crippen LogP contribution < -0.4 is 0 Å². The lowest BCUT2D eigenvalue weighted by molar-refractivity contribution is -0.138. The van der Waals surface area contributed by atoms with E-state index in [2.05, 4.69) is 13.8 Å². The number of amides is 2. The van der Waals surface area contributed by atoms with Crippen molar-refractivity contribution < 1.29 is 14.3 Å². The Morgan fingerprint density at radius 1 is 0.958 bits per heavy atom. The highest BCUT2D eigenvalue weighted by atomic mass is 35.5. The van der Waals surface area contributed by atoms with E-state index in [0.717, 1.165) is 0 Å². The van der Waals surface area contributed by atoms with Crippen LogP contribution in [0.15, 0.2) is 0 Å². The molecule has 138 valence electrons. The summed E-state index contributed by atoms with van der Waals surface area (Å²) in [5, 5.41) is 0. The highest BCUT2D eigenvalue weighted by molar-refractivity contribution is 6.19. The maximum atomic E-state index is 12.8. The van der Waals surface area contributed by atoms with Crippen LogP contribution in [0, 0.1) is 16.2 Å². The Hall–Kier alpha value is -0.970. The lowest BCUT2D eigenvalue weighted by Gasteiger charge is -2.31. The molecule has 2 unspecified atom stereocenters. The number of carbonyl (C=O) groups excluding carboxylic acids is 2. The van der Waals surface area contributed by atoms with E-state index in [0.29, 0.717) is 32.1 Å². The molecule has 6 heteroatoms. The topological polar surface area (TPSA) is 49.9 Å². The summed E-state index contributed by atoms with van der Waals surface area (Å²) in [4.78, 5) is 28.9. The van der Waals surface area contributed by atoms with Gasteiger partial charge in [-0.2, -0.15) is 0 Å². The Labute approximate surface area is 150 Å². The number of ether oxygens (including phenoxy) is 1. The molecule has 24 heavy (non-hydrogen) atoms. The Bertz CT molecular complexity index is 523. The largest absolute Gasteiger partial charge is 0.444 e. The van der Waals surface area contributed by atoms with Gasteiger partial charge >= 0.3 is 6.09 Å². The van der Waals surface area contributed by atoms with Crippen molar-refractivity contribution in [1.29, 1.82) is 0 Å². The number of alkyl halides is 1. The summed E-state index contributed by atoms with van der Waals surface area (Å²) in [6, 6.07) is 0. The molecule has 2 atom stereocenters. The molecule has 2 rings (SSSR count). The number of likely N-dealkylation sites (tertiary alicyclic amines) is 2. The number of carbonyl (C=O) groups is 2. The van der Waals surface area contributed by atoms with Gasteiger partial charge in [0.05, 0.1) is 5.41 Å². The van der Waals surface area contributed by atoms with Crippen LogP contribution in [0.25, 0.3) is 0 Å². The molecule has 2 amide bonds. The van der Waals surface area contributed by atoms with Crippen molar-refractivity contribution in [3.8, 4) is 0 Å². The first-order chi connectivity index (χ1) is 10.7. The zero-order valence-electron chi connectivity index (χ0n) is 16.0. The minimum absolute atomic E-state index is 0.0955. The third-order valence-electron chi connectivity index (χ3n) is 5.47. The molecule has 2 aliphatic heterocycles. The van der Waals surface area contributed by atoms with E-state index in [1.807, 2.05) is 39.5 Å². The number of hydrogen-bond acceptors (Lipinski definition) is 3. The molecule has 0 radical (unpaired) electrons. The fourth-order valence-corrected chi connectivity index (χ4v) is 3.86. The Morgan fingerprint density at radius 3 is 1.75 bits per heavy atom. The van der Waals surface area contributed by atoms with Crippen molar-refractivity contribution >= 4 is 23.6 Å². The average molecular weight is 359 g/mol. The highest BCUT2D eigenvalue weighted by Gasteiger charge is 2.60. The summed E-state index contributed by atoms with van der Waals surface area (Å²) in [7, 11) is 0. The zero-order chi connectivity index (χ0) is 18.6. The van der Waals surface area contributed by atoms with Gasteiger partial charge in [0.1, 0.15) is 5.60 Å². The Balaban J connectivity index is 2.11. The maximum absolute atomic E-state index is 12.8. The van der Waals surface area contributed by atoms with Crippen molar-refractivity contribution in [2.75, 3.05) is 32.1 Å². The van der Waals surface area contributed by atoms with E-state index in [1.165, 1.54) is 0 Å². The van der Waals surface area contributed by atoms with Gasteiger partial charge in [0.25, 0.3) is 0 Å². The van der Waals surface area contributed by atoms with E-state index in [1.54, 1.807) is 4.90 Å². The van der Waals surface area contributed by atoms with Gasteiger partial charge in [-0.05, 0) is 34.6 Å². The monoisotopic (exact) mass is 358 g/mol. The first kappa shape index (κ1) is 19.4. The summed E-state index contributed by atoms with van der Waals surface area (Å²) in [6.45, 7) is 16.3. The number of halogens is 1. The molecule has 2 aliphatic rings. The standard InChI is InChI=1S/C18H31ClN2O3/c1-15(2,3)24-14(23)21-11-17(6)9-20(10-18(17,7)12-21)13(22)16(4,5)8-19/h8-12H2,1-7H3. The SMILES string of the molecule is CC(C)(C)OC(=O)N1CC2(C)CN(C(=O)C(C)(C)CCl)CC2(C)C1. The predicted molar refractivity (Wildman–Crippen MR) is 95.1 cm³/mol. The first-order valence-corrected chi connectivity index (χ1v) is 9.10. The molecule has 0 saturated carbocycles. The van der Waals surface area contributed by atoms with Gasteiger partial charge < -0.3 is 14.5 Å². The van der Waals surface area contributed by atoms with Gasteiger partial charge in [0, 0.05) is 42.9 Å². The summed E-state index contributed by atoms with van der Waals surface area (Å²) in [6.07, 6.45) is -0.265. The van der Waals surface area contributed by atoms with Crippen molar-refractivity contribution in [3.63, 3.8) is 0 Å². The average Bonchev–Trinajstić information content (AvgIpc) is 2.81. The molecule has 2 heterocycles. The highest BCUT2D eigenvalue weighted by Crippen LogP contribution is 2.52. The van der Waals surface area contributed by atoms with Crippen LogP contribution in [0.3, 0.4) is 0 Å².